The summed E-state index contributed by atoms with van der Waals surface area (Å²) < 4.78 is 1.86. The lowest BCUT2D eigenvalue weighted by Gasteiger charge is -2.15. The van der Waals surface area contributed by atoms with Gasteiger partial charge in [0.15, 0.2) is 0 Å². The van der Waals surface area contributed by atoms with E-state index in [0.717, 1.165) is 12.8 Å². The molecule has 3 nitrogen and oxygen atoms in total. The normalized spacial score (nSPS) is 23.3. The first-order chi connectivity index (χ1) is 5.27. The van der Waals surface area contributed by atoms with E-state index in [0.29, 0.717) is 0 Å². The Morgan fingerprint density at radius 2 is 2.55 bits per heavy atom. The highest BCUT2D eigenvalue weighted by Gasteiger charge is 2.19. The molecule has 0 bridgehead atoms. The number of nitrogens with zero attached hydrogens (tertiary/aromatic N) is 2. The van der Waals surface area contributed by atoms with Crippen molar-refractivity contribution >= 4 is 0 Å². The highest BCUT2D eigenvalue weighted by Crippen LogP contribution is 2.26. The predicted octanol–water partition coefficient (Wildman–Crippen LogP) is 0.756. The summed E-state index contributed by atoms with van der Waals surface area (Å²) in [6.07, 6.45) is 5.44. The fraction of sp³-hybridized carbons (Fsp3) is 0.625. The molecule has 1 aromatic rings. The van der Waals surface area contributed by atoms with Crippen molar-refractivity contribution in [3.63, 3.8) is 0 Å². The van der Waals surface area contributed by atoms with Crippen molar-refractivity contribution in [3.05, 3.63) is 17.5 Å². The molecule has 0 unspecified atom stereocenters. The fourth-order valence-corrected chi connectivity index (χ4v) is 1.70. The van der Waals surface area contributed by atoms with E-state index in [1.54, 1.807) is 0 Å². The third-order valence-corrected chi connectivity index (χ3v) is 2.27. The molecule has 0 aliphatic heterocycles. The largest absolute Gasteiger partial charge is 0.324 e. The van der Waals surface area contributed by atoms with Crippen LogP contribution in [0.15, 0.2) is 6.20 Å². The zero-order valence-electron chi connectivity index (χ0n) is 6.75. The first-order valence-electron chi connectivity index (χ1n) is 4.05. The molecule has 0 saturated carbocycles. The molecule has 1 aliphatic carbocycles. The summed E-state index contributed by atoms with van der Waals surface area (Å²) in [6, 6.07) is 0.229. The van der Waals surface area contributed by atoms with Gasteiger partial charge in [-0.25, -0.2) is 0 Å². The average molecular weight is 151 g/mol. The summed E-state index contributed by atoms with van der Waals surface area (Å²) in [6.45, 7) is 0. The predicted molar refractivity (Wildman–Crippen MR) is 43.1 cm³/mol. The zero-order chi connectivity index (χ0) is 7.84. The molecular weight excluding hydrogens is 138 g/mol. The smallest absolute Gasteiger partial charge is 0.0672 e. The van der Waals surface area contributed by atoms with Crippen molar-refractivity contribution in [1.29, 1.82) is 0 Å². The lowest BCUT2D eigenvalue weighted by Crippen LogP contribution is -2.15. The van der Waals surface area contributed by atoms with E-state index in [2.05, 4.69) is 5.10 Å². The maximum atomic E-state index is 5.91. The van der Waals surface area contributed by atoms with Gasteiger partial charge in [0.05, 0.1) is 5.69 Å². The summed E-state index contributed by atoms with van der Waals surface area (Å²) in [4.78, 5) is 0. The minimum absolute atomic E-state index is 0.229. The maximum absolute atomic E-state index is 5.91. The average Bonchev–Trinajstić information content (AvgIpc) is 2.31. The van der Waals surface area contributed by atoms with Crippen molar-refractivity contribution < 1.29 is 0 Å². The summed E-state index contributed by atoms with van der Waals surface area (Å²) in [5, 5.41) is 4.34. The van der Waals surface area contributed by atoms with Crippen LogP contribution in [0.1, 0.15) is 30.1 Å². The van der Waals surface area contributed by atoms with E-state index < -0.39 is 0 Å². The van der Waals surface area contributed by atoms with Gasteiger partial charge in [0, 0.05) is 24.8 Å². The third-order valence-electron chi connectivity index (χ3n) is 2.27. The number of aryl methyl sites for hydroxylation is 2. The van der Waals surface area contributed by atoms with Gasteiger partial charge in [-0.05, 0) is 19.3 Å². The molecule has 60 valence electrons. The monoisotopic (exact) mass is 151 g/mol. The topological polar surface area (TPSA) is 43.8 Å². The Morgan fingerprint density at radius 1 is 1.73 bits per heavy atom. The van der Waals surface area contributed by atoms with Gasteiger partial charge in [-0.3, -0.25) is 4.68 Å². The molecule has 0 radical (unpaired) electrons. The minimum Gasteiger partial charge on any atom is -0.324 e. The molecule has 0 saturated heterocycles. The van der Waals surface area contributed by atoms with Crippen molar-refractivity contribution in [2.45, 2.75) is 25.3 Å². The lowest BCUT2D eigenvalue weighted by molar-refractivity contribution is 0.565. The Balaban J connectivity index is 2.43. The van der Waals surface area contributed by atoms with Gasteiger partial charge >= 0.3 is 0 Å². The fourth-order valence-electron chi connectivity index (χ4n) is 1.70. The molecule has 11 heavy (non-hydrogen) atoms. The van der Waals surface area contributed by atoms with Crippen LogP contribution in [0, 0.1) is 0 Å². The maximum Gasteiger partial charge on any atom is 0.0672 e. The van der Waals surface area contributed by atoms with Gasteiger partial charge in [-0.2, -0.15) is 5.10 Å². The van der Waals surface area contributed by atoms with Gasteiger partial charge in [-0.1, -0.05) is 0 Å². The first-order valence-corrected chi connectivity index (χ1v) is 4.05. The van der Waals surface area contributed by atoms with E-state index in [-0.39, 0.29) is 6.04 Å². The van der Waals surface area contributed by atoms with Crippen molar-refractivity contribution in [2.75, 3.05) is 0 Å². The van der Waals surface area contributed by atoms with Gasteiger partial charge in [0.25, 0.3) is 0 Å². The molecule has 3 heteroatoms. The highest BCUT2D eigenvalue weighted by atomic mass is 15.3. The van der Waals surface area contributed by atoms with Crippen LogP contribution in [0.4, 0.5) is 0 Å². The second-order valence-electron chi connectivity index (χ2n) is 3.20. The Bertz CT molecular complexity index is 264. The highest BCUT2D eigenvalue weighted by molar-refractivity contribution is 5.23. The van der Waals surface area contributed by atoms with E-state index in [1.807, 2.05) is 17.9 Å². The Kier molecular flexibility index (Phi) is 1.46. The number of aromatic nitrogens is 2. The molecule has 1 aliphatic rings. The van der Waals surface area contributed by atoms with Crippen LogP contribution in [0.5, 0.6) is 0 Å². The minimum atomic E-state index is 0.229. The molecule has 0 aromatic carbocycles. The molecule has 0 fully saturated rings. The first kappa shape index (κ1) is 6.85. The number of rotatable bonds is 0. The number of nitrogens with two attached hydrogens (primary N) is 1. The van der Waals surface area contributed by atoms with Crippen LogP contribution in [-0.4, -0.2) is 9.78 Å². The van der Waals surface area contributed by atoms with E-state index in [4.69, 9.17) is 5.73 Å². The number of hydrogen-bond donors (Lipinski definition) is 1. The van der Waals surface area contributed by atoms with E-state index in [9.17, 15) is 0 Å². The summed E-state index contributed by atoms with van der Waals surface area (Å²) in [5.41, 5.74) is 8.36. The third kappa shape index (κ3) is 1.05. The molecule has 1 atom stereocenters. The van der Waals surface area contributed by atoms with Crippen molar-refractivity contribution in [1.82, 2.24) is 9.78 Å². The zero-order valence-corrected chi connectivity index (χ0v) is 6.75. The second-order valence-corrected chi connectivity index (χ2v) is 3.20. The van der Waals surface area contributed by atoms with Crippen LogP contribution < -0.4 is 5.73 Å². The Hall–Kier alpha value is -0.830. The van der Waals surface area contributed by atoms with Crippen molar-refractivity contribution in [2.24, 2.45) is 12.8 Å². The molecular formula is C8H13N3. The molecule has 1 heterocycles. The molecule has 0 spiro atoms. The summed E-state index contributed by atoms with van der Waals surface area (Å²) >= 11 is 0. The van der Waals surface area contributed by atoms with Gasteiger partial charge < -0.3 is 5.73 Å². The van der Waals surface area contributed by atoms with Crippen LogP contribution in [0.3, 0.4) is 0 Å². The number of hydrogen-bond acceptors (Lipinski definition) is 2. The molecule has 0 amide bonds. The standard InChI is InChI=1S/C8H13N3/c1-11-5-6-7(9)3-2-4-8(6)10-11/h5,7H,2-4,9H2,1H3/t7-/m1/s1. The van der Waals surface area contributed by atoms with Crippen LogP contribution >= 0.6 is 0 Å². The van der Waals surface area contributed by atoms with E-state index in [1.165, 1.54) is 17.7 Å². The Labute approximate surface area is 66.2 Å². The second kappa shape index (κ2) is 2.34. The molecule has 1 aromatic heterocycles. The SMILES string of the molecule is Cn1cc2c(n1)CCC[C@H]2N. The van der Waals surface area contributed by atoms with Crippen molar-refractivity contribution in [3.8, 4) is 0 Å². The van der Waals surface area contributed by atoms with E-state index >= 15 is 0 Å². The quantitative estimate of drug-likeness (QED) is 0.594. The van der Waals surface area contributed by atoms with Gasteiger partial charge in [0.2, 0.25) is 0 Å². The van der Waals surface area contributed by atoms with Gasteiger partial charge in [0.1, 0.15) is 0 Å². The number of fused-ring (bicyclic) bond motifs is 1. The lowest BCUT2D eigenvalue weighted by atomic mass is 9.94. The molecule has 2 rings (SSSR count). The van der Waals surface area contributed by atoms with Crippen LogP contribution in [0.2, 0.25) is 0 Å². The van der Waals surface area contributed by atoms with Crippen LogP contribution in [-0.2, 0) is 13.5 Å². The summed E-state index contributed by atoms with van der Waals surface area (Å²) in [5.74, 6) is 0. The van der Waals surface area contributed by atoms with Gasteiger partial charge in [-0.15, -0.1) is 0 Å². The summed E-state index contributed by atoms with van der Waals surface area (Å²) in [7, 11) is 1.95. The van der Waals surface area contributed by atoms with Crippen LogP contribution in [0.25, 0.3) is 0 Å². The molecule has 2 N–H and O–H groups in total. The Morgan fingerprint density at radius 3 is 3.27 bits per heavy atom.